The first kappa shape index (κ1) is 34.6. The molecule has 0 aliphatic heterocycles. The molecule has 2 fully saturated rings. The van der Waals surface area contributed by atoms with Gasteiger partial charge in [-0.1, -0.05) is 45.2 Å². The monoisotopic (exact) mass is 677 g/mol. The zero-order valence-electron chi connectivity index (χ0n) is 30.1. The molecule has 0 saturated heterocycles. The van der Waals surface area contributed by atoms with Crippen molar-refractivity contribution in [2.45, 2.75) is 109 Å². The second kappa shape index (κ2) is 11.9. The van der Waals surface area contributed by atoms with Gasteiger partial charge < -0.3 is 24.1 Å². The van der Waals surface area contributed by atoms with Gasteiger partial charge >= 0.3 is 0 Å². The van der Waals surface area contributed by atoms with E-state index in [0.717, 1.165) is 37.7 Å². The summed E-state index contributed by atoms with van der Waals surface area (Å²) < 4.78 is 18.8. The van der Waals surface area contributed by atoms with Crippen molar-refractivity contribution in [2.75, 3.05) is 26.5 Å². The van der Waals surface area contributed by atoms with Crippen LogP contribution < -0.4 is 10.1 Å². The average Bonchev–Trinajstić information content (AvgIpc) is 3.40. The highest BCUT2D eigenvalue weighted by Gasteiger charge is 2.68. The SMILES string of the molecule is COc1cc(NC(=O)C2CCCCC2)c(C)c2c1C[C@H]1C[C@H]3[C@H](N(C)C)c4onc(C)c4C(=O)[C@@]3(O[Si](C)(C)C(C)(C)C)C(=O)C1=C2O. The molecule has 4 atom stereocenters. The predicted molar refractivity (Wildman–Crippen MR) is 186 cm³/mol. The number of benzene rings is 1. The van der Waals surface area contributed by atoms with Crippen molar-refractivity contribution < 1.29 is 33.2 Å². The molecule has 2 saturated carbocycles. The smallest absolute Gasteiger partial charge is 0.227 e. The largest absolute Gasteiger partial charge is 0.507 e. The van der Waals surface area contributed by atoms with E-state index >= 15 is 4.79 Å². The highest BCUT2D eigenvalue weighted by molar-refractivity contribution is 6.74. The fourth-order valence-corrected chi connectivity index (χ4v) is 9.88. The van der Waals surface area contributed by atoms with Gasteiger partial charge in [-0.25, -0.2) is 0 Å². The maximum Gasteiger partial charge on any atom is 0.227 e. The second-order valence-corrected chi connectivity index (χ2v) is 20.8. The van der Waals surface area contributed by atoms with Crippen LogP contribution in [0.1, 0.15) is 104 Å². The number of Topliss-reactive ketones (excluding diaryl/α,β-unsaturated/α-hetero) is 2. The Kier molecular flexibility index (Phi) is 8.60. The minimum Gasteiger partial charge on any atom is -0.507 e. The summed E-state index contributed by atoms with van der Waals surface area (Å²) >= 11 is 0. The number of aryl methyl sites for hydroxylation is 1. The molecule has 0 spiro atoms. The Morgan fingerprint density at radius 1 is 1.10 bits per heavy atom. The molecule has 260 valence electrons. The lowest BCUT2D eigenvalue weighted by Gasteiger charge is -2.55. The minimum absolute atomic E-state index is 0.0404. The van der Waals surface area contributed by atoms with Gasteiger partial charge in [-0.15, -0.1) is 0 Å². The summed E-state index contributed by atoms with van der Waals surface area (Å²) in [6, 6.07) is 1.37. The Morgan fingerprint density at radius 3 is 2.38 bits per heavy atom. The standard InChI is InChI=1S/C37H51N3O7Si/c1-19-25(38-35(44)21-14-12-11-13-15-21)18-26(45-8)23-16-22-17-24-30(40(6)7)32-28(20(2)39-46-32)33(42)37(24,47-48(9,10)36(3,4)5)34(43)29(22)31(41)27(19)23/h18,21-22,24,30,41H,11-17H2,1-10H3,(H,38,44)/t22-,24-,30-,37+/m0/s1. The molecule has 2 N–H and O–H groups in total. The number of hydrogen-bond acceptors (Lipinski definition) is 9. The third kappa shape index (κ3) is 5.10. The summed E-state index contributed by atoms with van der Waals surface area (Å²) in [5, 5.41) is 19.3. The van der Waals surface area contributed by atoms with Crippen LogP contribution in [-0.2, 0) is 20.4 Å². The van der Waals surface area contributed by atoms with Gasteiger partial charge in [0.1, 0.15) is 11.5 Å². The summed E-state index contributed by atoms with van der Waals surface area (Å²) in [4.78, 5) is 45.7. The molecule has 1 amide bonds. The Balaban J connectivity index is 1.54. The fourth-order valence-electron chi connectivity index (χ4n) is 8.43. The number of ketones is 2. The van der Waals surface area contributed by atoms with E-state index in [4.69, 9.17) is 13.7 Å². The highest BCUT2D eigenvalue weighted by Crippen LogP contribution is 2.58. The number of nitrogens with one attached hydrogen (secondary N) is 1. The van der Waals surface area contributed by atoms with E-state index in [1.807, 2.05) is 45.1 Å². The molecule has 1 aromatic carbocycles. The highest BCUT2D eigenvalue weighted by atomic mass is 28.4. The average molecular weight is 678 g/mol. The van der Waals surface area contributed by atoms with Crippen LogP contribution in [0.4, 0.5) is 5.69 Å². The number of ether oxygens (including phenoxy) is 1. The first-order valence-corrected chi connectivity index (χ1v) is 20.2. The van der Waals surface area contributed by atoms with Crippen molar-refractivity contribution in [2.24, 2.45) is 17.8 Å². The van der Waals surface area contributed by atoms with Gasteiger partial charge in [0.25, 0.3) is 0 Å². The maximum absolute atomic E-state index is 15.4. The van der Waals surface area contributed by atoms with Crippen LogP contribution in [0.5, 0.6) is 5.75 Å². The maximum atomic E-state index is 15.4. The van der Waals surface area contributed by atoms with Crippen molar-refractivity contribution in [3.8, 4) is 5.75 Å². The van der Waals surface area contributed by atoms with E-state index in [1.165, 1.54) is 0 Å². The van der Waals surface area contributed by atoms with E-state index < -0.39 is 43.4 Å². The lowest BCUT2D eigenvalue weighted by molar-refractivity contribution is -0.140. The first-order chi connectivity index (χ1) is 22.5. The van der Waals surface area contributed by atoms with Gasteiger partial charge in [-0.2, -0.15) is 0 Å². The van der Waals surface area contributed by atoms with Crippen LogP contribution in [0.3, 0.4) is 0 Å². The topological polar surface area (TPSA) is 131 Å². The zero-order chi connectivity index (χ0) is 35.1. The fraction of sp³-hybridized carbons (Fsp3) is 0.622. The number of anilines is 1. The number of nitrogens with zero attached hydrogens (tertiary/aromatic N) is 2. The molecular formula is C37H51N3O7Si. The van der Waals surface area contributed by atoms with Crippen molar-refractivity contribution in [1.29, 1.82) is 0 Å². The van der Waals surface area contributed by atoms with Crippen molar-refractivity contribution in [1.82, 2.24) is 10.1 Å². The van der Waals surface area contributed by atoms with E-state index in [9.17, 15) is 14.7 Å². The number of fused-ring (bicyclic) bond motifs is 4. The van der Waals surface area contributed by atoms with E-state index in [0.29, 0.717) is 46.9 Å². The van der Waals surface area contributed by atoms with Gasteiger partial charge in [0.2, 0.25) is 17.5 Å². The Hall–Kier alpha value is -3.28. The summed E-state index contributed by atoms with van der Waals surface area (Å²) in [5.41, 5.74) is 1.50. The van der Waals surface area contributed by atoms with Gasteiger partial charge in [0.15, 0.2) is 19.7 Å². The van der Waals surface area contributed by atoms with E-state index in [2.05, 4.69) is 31.2 Å². The number of rotatable bonds is 6. The van der Waals surface area contributed by atoms with Gasteiger partial charge in [0, 0.05) is 40.3 Å². The lowest BCUT2D eigenvalue weighted by Crippen LogP contribution is -2.68. The van der Waals surface area contributed by atoms with E-state index in [-0.39, 0.29) is 33.8 Å². The molecule has 0 bridgehead atoms. The van der Waals surface area contributed by atoms with Crippen LogP contribution in [-0.4, -0.2) is 67.8 Å². The molecule has 11 heteroatoms. The molecule has 2 aromatic rings. The quantitative estimate of drug-likeness (QED) is 0.243. The van der Waals surface area contributed by atoms with Crippen LogP contribution >= 0.6 is 0 Å². The molecule has 0 radical (unpaired) electrons. The number of aromatic nitrogens is 1. The van der Waals surface area contributed by atoms with Crippen LogP contribution in [0.2, 0.25) is 18.1 Å². The molecule has 4 aliphatic carbocycles. The molecule has 10 nitrogen and oxygen atoms in total. The van der Waals surface area contributed by atoms with Crippen LogP contribution in [0, 0.1) is 31.6 Å². The summed E-state index contributed by atoms with van der Waals surface area (Å²) in [7, 11) is 2.63. The van der Waals surface area contributed by atoms with Crippen LogP contribution in [0.25, 0.3) is 5.76 Å². The van der Waals surface area contributed by atoms with Gasteiger partial charge in [-0.3, -0.25) is 19.3 Å². The number of aliphatic hydroxyl groups is 1. The Bertz CT molecular complexity index is 1710. The Labute approximate surface area is 284 Å². The lowest BCUT2D eigenvalue weighted by atomic mass is 9.57. The summed E-state index contributed by atoms with van der Waals surface area (Å²) in [6.45, 7) is 13.9. The predicted octanol–water partition coefficient (Wildman–Crippen LogP) is 7.11. The van der Waals surface area contributed by atoms with Gasteiger partial charge in [-0.05, 0) is 83.2 Å². The minimum atomic E-state index is -2.78. The van der Waals surface area contributed by atoms with Crippen molar-refractivity contribution >= 4 is 37.2 Å². The third-order valence-electron chi connectivity index (χ3n) is 12.0. The number of amides is 1. The third-order valence-corrected chi connectivity index (χ3v) is 16.4. The number of carbonyl (C=O) groups is 3. The summed E-state index contributed by atoms with van der Waals surface area (Å²) in [6.07, 6.45) is 5.73. The Morgan fingerprint density at radius 2 is 1.77 bits per heavy atom. The number of aliphatic hydroxyl groups excluding tert-OH is 1. The number of hydrogen-bond donors (Lipinski definition) is 2. The molecule has 4 aliphatic rings. The summed E-state index contributed by atoms with van der Waals surface area (Å²) in [5.74, 6) is -1.21. The van der Waals surface area contributed by atoms with E-state index in [1.54, 1.807) is 14.0 Å². The normalized spacial score (nSPS) is 26.2. The van der Waals surface area contributed by atoms with Crippen molar-refractivity contribution in [3.05, 3.63) is 45.3 Å². The van der Waals surface area contributed by atoms with Gasteiger partial charge in [0.05, 0.1) is 24.4 Å². The molecule has 1 aromatic heterocycles. The molecule has 1 heterocycles. The van der Waals surface area contributed by atoms with Crippen LogP contribution in [0.15, 0.2) is 16.2 Å². The first-order valence-electron chi connectivity index (χ1n) is 17.3. The molecule has 6 rings (SSSR count). The second-order valence-electron chi connectivity index (χ2n) is 16.1. The number of methoxy groups -OCH3 is 1. The zero-order valence-corrected chi connectivity index (χ0v) is 31.1. The molecule has 48 heavy (non-hydrogen) atoms. The number of carbonyl (C=O) groups excluding carboxylic acids is 3. The van der Waals surface area contributed by atoms with Crippen molar-refractivity contribution in [3.63, 3.8) is 0 Å². The molecular weight excluding hydrogens is 627 g/mol. The molecule has 0 unspecified atom stereocenters.